The maximum absolute atomic E-state index is 13.1. The van der Waals surface area contributed by atoms with Crippen molar-refractivity contribution < 1.29 is 8.78 Å². The van der Waals surface area contributed by atoms with Crippen LogP contribution in [0.4, 0.5) is 14.5 Å². The van der Waals surface area contributed by atoms with Crippen molar-refractivity contribution in [1.82, 2.24) is 4.90 Å². The van der Waals surface area contributed by atoms with Gasteiger partial charge in [-0.3, -0.25) is 0 Å². The zero-order valence-corrected chi connectivity index (χ0v) is 11.7. The second kappa shape index (κ2) is 6.48. The molecule has 0 saturated heterocycles. The van der Waals surface area contributed by atoms with Crippen LogP contribution in [0.1, 0.15) is 11.1 Å². The first-order chi connectivity index (χ1) is 9.54. The largest absolute Gasteiger partial charge is 0.381 e. The molecule has 2 aromatic carbocycles. The molecule has 0 unspecified atom stereocenters. The zero-order valence-electron chi connectivity index (χ0n) is 11.7. The van der Waals surface area contributed by atoms with Gasteiger partial charge in [0.15, 0.2) is 11.6 Å². The third-order valence-electron chi connectivity index (χ3n) is 2.91. The molecule has 0 aliphatic carbocycles. The van der Waals surface area contributed by atoms with E-state index in [9.17, 15) is 8.78 Å². The fourth-order valence-corrected chi connectivity index (χ4v) is 2.00. The van der Waals surface area contributed by atoms with Gasteiger partial charge in [-0.15, -0.1) is 0 Å². The summed E-state index contributed by atoms with van der Waals surface area (Å²) in [6.07, 6.45) is 0. The van der Waals surface area contributed by atoms with E-state index < -0.39 is 11.6 Å². The summed E-state index contributed by atoms with van der Waals surface area (Å²) in [5.41, 5.74) is 2.88. The summed E-state index contributed by atoms with van der Waals surface area (Å²) in [6.45, 7) is 1.32. The molecule has 0 radical (unpaired) electrons. The highest BCUT2D eigenvalue weighted by atomic mass is 19.2. The molecule has 0 atom stereocenters. The minimum atomic E-state index is -0.818. The quantitative estimate of drug-likeness (QED) is 0.897. The molecule has 0 fully saturated rings. The molecular formula is C16H18F2N2. The fourth-order valence-electron chi connectivity index (χ4n) is 2.00. The van der Waals surface area contributed by atoms with Crippen molar-refractivity contribution in [3.8, 4) is 0 Å². The second-order valence-corrected chi connectivity index (χ2v) is 5.04. The van der Waals surface area contributed by atoms with Crippen molar-refractivity contribution >= 4 is 5.69 Å². The van der Waals surface area contributed by atoms with Gasteiger partial charge in [-0.05, 0) is 49.5 Å². The fraction of sp³-hybridized carbons (Fsp3) is 0.250. The lowest BCUT2D eigenvalue weighted by Gasteiger charge is -2.12. The standard InChI is InChI=1S/C16H18F2N2/c1-20(2)11-13-4-3-5-14(8-13)19-10-12-6-7-15(17)16(18)9-12/h3-9,19H,10-11H2,1-2H3. The molecule has 2 nitrogen and oxygen atoms in total. The first-order valence-corrected chi connectivity index (χ1v) is 6.46. The lowest BCUT2D eigenvalue weighted by molar-refractivity contribution is 0.402. The SMILES string of the molecule is CN(C)Cc1cccc(NCc2ccc(F)c(F)c2)c1. The number of hydrogen-bond acceptors (Lipinski definition) is 2. The van der Waals surface area contributed by atoms with Crippen LogP contribution in [0, 0.1) is 11.6 Å². The topological polar surface area (TPSA) is 15.3 Å². The lowest BCUT2D eigenvalue weighted by Crippen LogP contribution is -2.10. The van der Waals surface area contributed by atoms with E-state index in [2.05, 4.69) is 22.3 Å². The molecule has 2 aromatic rings. The highest BCUT2D eigenvalue weighted by Crippen LogP contribution is 2.14. The Labute approximate surface area is 118 Å². The van der Waals surface area contributed by atoms with E-state index in [1.54, 1.807) is 6.07 Å². The molecule has 0 amide bonds. The van der Waals surface area contributed by atoms with Crippen LogP contribution in [0.5, 0.6) is 0 Å². The van der Waals surface area contributed by atoms with E-state index >= 15 is 0 Å². The molecule has 4 heteroatoms. The normalized spacial score (nSPS) is 10.8. The van der Waals surface area contributed by atoms with Crippen molar-refractivity contribution in [3.05, 3.63) is 65.2 Å². The molecule has 1 N–H and O–H groups in total. The zero-order chi connectivity index (χ0) is 14.5. The first-order valence-electron chi connectivity index (χ1n) is 6.46. The van der Waals surface area contributed by atoms with Gasteiger partial charge in [-0.1, -0.05) is 18.2 Å². The van der Waals surface area contributed by atoms with Gasteiger partial charge in [-0.2, -0.15) is 0 Å². The number of rotatable bonds is 5. The van der Waals surface area contributed by atoms with Crippen LogP contribution in [0.15, 0.2) is 42.5 Å². The van der Waals surface area contributed by atoms with Crippen molar-refractivity contribution in [2.75, 3.05) is 19.4 Å². The van der Waals surface area contributed by atoms with Gasteiger partial charge in [0.1, 0.15) is 0 Å². The minimum absolute atomic E-state index is 0.461. The Hall–Kier alpha value is -1.94. The van der Waals surface area contributed by atoms with Gasteiger partial charge in [0.25, 0.3) is 0 Å². The van der Waals surface area contributed by atoms with E-state index in [0.29, 0.717) is 12.1 Å². The number of benzene rings is 2. The smallest absolute Gasteiger partial charge is 0.159 e. The molecule has 0 aliphatic heterocycles. The lowest BCUT2D eigenvalue weighted by atomic mass is 10.1. The van der Waals surface area contributed by atoms with Crippen LogP contribution in [-0.2, 0) is 13.1 Å². The van der Waals surface area contributed by atoms with Gasteiger partial charge in [0.2, 0.25) is 0 Å². The number of hydrogen-bond donors (Lipinski definition) is 1. The summed E-state index contributed by atoms with van der Waals surface area (Å²) in [5, 5.41) is 3.21. The van der Waals surface area contributed by atoms with Crippen LogP contribution < -0.4 is 5.32 Å². The van der Waals surface area contributed by atoms with Crippen LogP contribution >= 0.6 is 0 Å². The van der Waals surface area contributed by atoms with Gasteiger partial charge < -0.3 is 10.2 Å². The maximum Gasteiger partial charge on any atom is 0.159 e. The van der Waals surface area contributed by atoms with E-state index in [1.807, 2.05) is 26.2 Å². The Kier molecular flexibility index (Phi) is 4.69. The van der Waals surface area contributed by atoms with Crippen molar-refractivity contribution in [2.45, 2.75) is 13.1 Å². The van der Waals surface area contributed by atoms with Gasteiger partial charge >= 0.3 is 0 Å². The molecule has 20 heavy (non-hydrogen) atoms. The molecule has 0 aromatic heterocycles. The molecule has 0 spiro atoms. The van der Waals surface area contributed by atoms with Crippen LogP contribution in [0.25, 0.3) is 0 Å². The van der Waals surface area contributed by atoms with Gasteiger partial charge in [0.05, 0.1) is 0 Å². The summed E-state index contributed by atoms with van der Waals surface area (Å²) >= 11 is 0. The third-order valence-corrected chi connectivity index (χ3v) is 2.91. The summed E-state index contributed by atoms with van der Waals surface area (Å²) < 4.78 is 25.9. The monoisotopic (exact) mass is 276 g/mol. The van der Waals surface area contributed by atoms with Crippen LogP contribution in [-0.4, -0.2) is 19.0 Å². The van der Waals surface area contributed by atoms with Gasteiger partial charge in [-0.25, -0.2) is 8.78 Å². The summed E-state index contributed by atoms with van der Waals surface area (Å²) in [6, 6.07) is 12.0. The van der Waals surface area contributed by atoms with Crippen LogP contribution in [0.2, 0.25) is 0 Å². The second-order valence-electron chi connectivity index (χ2n) is 5.04. The van der Waals surface area contributed by atoms with E-state index in [0.717, 1.165) is 18.3 Å². The Morgan fingerprint density at radius 3 is 2.45 bits per heavy atom. The number of halogens is 2. The molecule has 2 rings (SSSR count). The average Bonchev–Trinajstić information content (AvgIpc) is 2.40. The molecule has 0 heterocycles. The minimum Gasteiger partial charge on any atom is -0.381 e. The predicted octanol–water partition coefficient (Wildman–Crippen LogP) is 3.64. The van der Waals surface area contributed by atoms with Crippen molar-refractivity contribution in [2.24, 2.45) is 0 Å². The summed E-state index contributed by atoms with van der Waals surface area (Å²) in [5.74, 6) is -1.63. The first kappa shape index (κ1) is 14.5. The van der Waals surface area contributed by atoms with E-state index in [-0.39, 0.29) is 0 Å². The number of nitrogens with zero attached hydrogens (tertiary/aromatic N) is 1. The van der Waals surface area contributed by atoms with Crippen LogP contribution in [0.3, 0.4) is 0 Å². The molecule has 106 valence electrons. The Morgan fingerprint density at radius 1 is 0.950 bits per heavy atom. The maximum atomic E-state index is 13.1. The van der Waals surface area contributed by atoms with E-state index in [4.69, 9.17) is 0 Å². The molecule has 0 saturated carbocycles. The molecule has 0 bridgehead atoms. The average molecular weight is 276 g/mol. The third kappa shape index (κ3) is 4.03. The predicted molar refractivity (Wildman–Crippen MR) is 77.5 cm³/mol. The number of anilines is 1. The molecule has 0 aliphatic rings. The highest BCUT2D eigenvalue weighted by Gasteiger charge is 2.03. The Balaban J connectivity index is 2.01. The number of nitrogens with one attached hydrogen (secondary N) is 1. The van der Waals surface area contributed by atoms with E-state index in [1.165, 1.54) is 11.6 Å². The Bertz CT molecular complexity index is 582. The van der Waals surface area contributed by atoms with Crippen molar-refractivity contribution in [1.29, 1.82) is 0 Å². The molecular weight excluding hydrogens is 258 g/mol. The highest BCUT2D eigenvalue weighted by molar-refractivity contribution is 5.46. The summed E-state index contributed by atoms with van der Waals surface area (Å²) in [4.78, 5) is 2.09. The van der Waals surface area contributed by atoms with Gasteiger partial charge in [0, 0.05) is 18.8 Å². The Morgan fingerprint density at radius 2 is 1.75 bits per heavy atom. The van der Waals surface area contributed by atoms with Crippen molar-refractivity contribution in [3.63, 3.8) is 0 Å². The summed E-state index contributed by atoms with van der Waals surface area (Å²) in [7, 11) is 4.03.